The van der Waals surface area contributed by atoms with E-state index in [2.05, 4.69) is 25.2 Å². The number of carbonyl (C=O) groups excluding carboxylic acids is 1. The zero-order valence-electron chi connectivity index (χ0n) is 14.6. The van der Waals surface area contributed by atoms with Gasteiger partial charge in [-0.1, -0.05) is 44.2 Å². The number of halogens is 1. The predicted molar refractivity (Wildman–Crippen MR) is 102 cm³/mol. The van der Waals surface area contributed by atoms with E-state index in [4.69, 9.17) is 4.74 Å². The summed E-state index contributed by atoms with van der Waals surface area (Å²) in [4.78, 5) is 11.8. The molecule has 0 radical (unpaired) electrons. The Morgan fingerprint density at radius 3 is 2.60 bits per heavy atom. The third kappa shape index (κ3) is 6.78. The van der Waals surface area contributed by atoms with E-state index in [9.17, 15) is 9.18 Å². The van der Waals surface area contributed by atoms with Crippen LogP contribution in [-0.4, -0.2) is 24.8 Å². The van der Waals surface area contributed by atoms with Crippen LogP contribution in [0.4, 0.5) is 4.39 Å². The fraction of sp³-hybridized carbons (Fsp3) is 0.350. The predicted octanol–water partition coefficient (Wildman–Crippen LogP) is 4.38. The standard InChI is InChI=1S/C20H24FNO2S/c1-15(2)18-5-3-4-6-19(18)24-12-11-22-20(23)14-25-13-16-7-9-17(21)10-8-16/h3-10,15H,11-14H2,1-2H3,(H,22,23). The molecular weight excluding hydrogens is 337 g/mol. The summed E-state index contributed by atoms with van der Waals surface area (Å²) >= 11 is 1.51. The van der Waals surface area contributed by atoms with Crippen LogP contribution in [0.25, 0.3) is 0 Å². The van der Waals surface area contributed by atoms with Crippen molar-refractivity contribution in [3.8, 4) is 5.75 Å². The first-order valence-corrected chi connectivity index (χ1v) is 9.52. The molecule has 0 atom stereocenters. The van der Waals surface area contributed by atoms with Crippen LogP contribution in [0.15, 0.2) is 48.5 Å². The Hall–Kier alpha value is -2.01. The number of benzene rings is 2. The van der Waals surface area contributed by atoms with Crippen molar-refractivity contribution in [2.75, 3.05) is 18.9 Å². The summed E-state index contributed by atoms with van der Waals surface area (Å²) in [6.45, 7) is 5.17. The second-order valence-electron chi connectivity index (χ2n) is 6.01. The quantitative estimate of drug-likeness (QED) is 0.674. The Bertz CT molecular complexity index is 674. The summed E-state index contributed by atoms with van der Waals surface area (Å²) in [6, 6.07) is 14.3. The highest BCUT2D eigenvalue weighted by atomic mass is 32.2. The fourth-order valence-corrected chi connectivity index (χ4v) is 3.15. The Balaban J connectivity index is 1.63. The molecule has 134 valence electrons. The van der Waals surface area contributed by atoms with Gasteiger partial charge in [0.05, 0.1) is 12.3 Å². The van der Waals surface area contributed by atoms with E-state index in [1.165, 1.54) is 29.5 Å². The van der Waals surface area contributed by atoms with Crippen molar-refractivity contribution < 1.29 is 13.9 Å². The van der Waals surface area contributed by atoms with Gasteiger partial charge in [-0.25, -0.2) is 4.39 Å². The van der Waals surface area contributed by atoms with Gasteiger partial charge in [-0.2, -0.15) is 0 Å². The lowest BCUT2D eigenvalue weighted by atomic mass is 10.0. The van der Waals surface area contributed by atoms with Crippen LogP contribution in [-0.2, 0) is 10.5 Å². The minimum absolute atomic E-state index is 0.0205. The summed E-state index contributed by atoms with van der Waals surface area (Å²) in [5.41, 5.74) is 2.18. The molecule has 0 heterocycles. The molecule has 0 aliphatic heterocycles. The SMILES string of the molecule is CC(C)c1ccccc1OCCNC(=O)CSCc1ccc(F)cc1. The van der Waals surface area contributed by atoms with Crippen LogP contribution in [0.2, 0.25) is 0 Å². The summed E-state index contributed by atoms with van der Waals surface area (Å²) in [5, 5.41) is 2.85. The first-order chi connectivity index (χ1) is 12.1. The van der Waals surface area contributed by atoms with Crippen LogP contribution >= 0.6 is 11.8 Å². The number of ether oxygens (including phenoxy) is 1. The van der Waals surface area contributed by atoms with Gasteiger partial charge in [0.1, 0.15) is 18.2 Å². The molecule has 2 rings (SSSR count). The number of nitrogens with one attached hydrogen (secondary N) is 1. The van der Waals surface area contributed by atoms with Gasteiger partial charge in [0.2, 0.25) is 5.91 Å². The van der Waals surface area contributed by atoms with Gasteiger partial charge in [0, 0.05) is 5.75 Å². The summed E-state index contributed by atoms with van der Waals surface area (Å²) in [6.07, 6.45) is 0. The topological polar surface area (TPSA) is 38.3 Å². The number of para-hydroxylation sites is 1. The normalized spacial score (nSPS) is 10.7. The number of amides is 1. The van der Waals surface area contributed by atoms with E-state index in [0.29, 0.717) is 30.6 Å². The van der Waals surface area contributed by atoms with Crippen LogP contribution in [0.5, 0.6) is 5.75 Å². The maximum atomic E-state index is 12.8. The van der Waals surface area contributed by atoms with Crippen LogP contribution in [0.1, 0.15) is 30.9 Å². The number of rotatable bonds is 9. The van der Waals surface area contributed by atoms with Crippen molar-refractivity contribution in [3.05, 3.63) is 65.5 Å². The summed E-state index contributed by atoms with van der Waals surface area (Å²) < 4.78 is 18.6. The molecule has 5 heteroatoms. The van der Waals surface area contributed by atoms with Crippen molar-refractivity contribution in [2.24, 2.45) is 0 Å². The fourth-order valence-electron chi connectivity index (χ4n) is 2.33. The zero-order valence-corrected chi connectivity index (χ0v) is 15.4. The van der Waals surface area contributed by atoms with Gasteiger partial charge in [0.25, 0.3) is 0 Å². The number of hydrogen-bond acceptors (Lipinski definition) is 3. The van der Waals surface area contributed by atoms with Gasteiger partial charge >= 0.3 is 0 Å². The van der Waals surface area contributed by atoms with Crippen molar-refractivity contribution >= 4 is 17.7 Å². The maximum absolute atomic E-state index is 12.8. The molecule has 0 fully saturated rings. The third-order valence-electron chi connectivity index (χ3n) is 3.64. The van der Waals surface area contributed by atoms with Gasteiger partial charge in [-0.15, -0.1) is 11.8 Å². The molecule has 1 amide bonds. The Morgan fingerprint density at radius 2 is 1.88 bits per heavy atom. The zero-order chi connectivity index (χ0) is 18.1. The average molecular weight is 361 g/mol. The highest BCUT2D eigenvalue weighted by Gasteiger charge is 2.07. The van der Waals surface area contributed by atoms with Crippen LogP contribution in [0.3, 0.4) is 0 Å². The Morgan fingerprint density at radius 1 is 1.16 bits per heavy atom. The Kier molecular flexibility index (Phi) is 7.79. The monoisotopic (exact) mass is 361 g/mol. The molecule has 2 aromatic rings. The molecule has 0 saturated carbocycles. The molecule has 0 aliphatic rings. The molecule has 25 heavy (non-hydrogen) atoms. The van der Waals surface area contributed by atoms with E-state index >= 15 is 0 Å². The van der Waals surface area contributed by atoms with Crippen LogP contribution < -0.4 is 10.1 Å². The van der Waals surface area contributed by atoms with E-state index in [-0.39, 0.29) is 11.7 Å². The highest BCUT2D eigenvalue weighted by Crippen LogP contribution is 2.25. The number of thioether (sulfide) groups is 1. The molecular formula is C20H24FNO2S. The van der Waals surface area contributed by atoms with Gasteiger partial charge in [0.15, 0.2) is 0 Å². The van der Waals surface area contributed by atoms with E-state index in [1.54, 1.807) is 12.1 Å². The lowest BCUT2D eigenvalue weighted by Gasteiger charge is -2.14. The molecule has 0 spiro atoms. The molecule has 0 aromatic heterocycles. The van der Waals surface area contributed by atoms with Gasteiger partial charge in [-0.05, 0) is 35.2 Å². The molecule has 1 N–H and O–H groups in total. The van der Waals surface area contributed by atoms with Gasteiger partial charge in [-0.3, -0.25) is 4.79 Å². The van der Waals surface area contributed by atoms with Crippen molar-refractivity contribution in [3.63, 3.8) is 0 Å². The smallest absolute Gasteiger partial charge is 0.230 e. The summed E-state index contributed by atoms with van der Waals surface area (Å²) in [5.74, 6) is 2.07. The lowest BCUT2D eigenvalue weighted by Crippen LogP contribution is -2.29. The minimum atomic E-state index is -0.245. The van der Waals surface area contributed by atoms with E-state index in [1.807, 2.05) is 18.2 Å². The maximum Gasteiger partial charge on any atom is 0.230 e. The largest absolute Gasteiger partial charge is 0.491 e. The highest BCUT2D eigenvalue weighted by molar-refractivity contribution is 7.99. The molecule has 0 bridgehead atoms. The molecule has 0 aliphatic carbocycles. The number of carbonyl (C=O) groups is 1. The molecule has 0 unspecified atom stereocenters. The second-order valence-corrected chi connectivity index (χ2v) is 7.00. The molecule has 3 nitrogen and oxygen atoms in total. The van der Waals surface area contributed by atoms with E-state index < -0.39 is 0 Å². The van der Waals surface area contributed by atoms with Crippen molar-refractivity contribution in [1.29, 1.82) is 0 Å². The first kappa shape index (κ1) is 19.3. The Labute approximate surface area is 153 Å². The van der Waals surface area contributed by atoms with Gasteiger partial charge < -0.3 is 10.1 Å². The van der Waals surface area contributed by atoms with Crippen molar-refractivity contribution in [1.82, 2.24) is 5.32 Å². The number of hydrogen-bond donors (Lipinski definition) is 1. The lowest BCUT2D eigenvalue weighted by molar-refractivity contribution is -0.118. The third-order valence-corrected chi connectivity index (χ3v) is 4.64. The van der Waals surface area contributed by atoms with E-state index in [0.717, 1.165) is 11.3 Å². The van der Waals surface area contributed by atoms with Crippen LogP contribution in [0, 0.1) is 5.82 Å². The van der Waals surface area contributed by atoms with Crippen molar-refractivity contribution in [2.45, 2.75) is 25.5 Å². The summed E-state index contributed by atoms with van der Waals surface area (Å²) in [7, 11) is 0. The first-order valence-electron chi connectivity index (χ1n) is 8.37. The minimum Gasteiger partial charge on any atom is -0.491 e. The second kappa shape index (κ2) is 10.1. The molecule has 2 aromatic carbocycles. The average Bonchev–Trinajstić information content (AvgIpc) is 2.60. The molecule has 0 saturated heterocycles.